The standard InChI is InChI=1S/C19H23N5O3/c1-12(2)16-10-15(26-22-16)11-24(4)19(25)20-13(3)18-21-17(23-27-18)14-8-6-5-7-9-14/h5-10,12-13H,11H2,1-4H3,(H,20,25)/t13-/m1/s1. The molecule has 0 radical (unpaired) electrons. The van der Waals surface area contributed by atoms with Crippen LogP contribution in [-0.2, 0) is 6.54 Å². The summed E-state index contributed by atoms with van der Waals surface area (Å²) in [5, 5.41) is 10.8. The van der Waals surface area contributed by atoms with Crippen molar-refractivity contribution in [1.82, 2.24) is 25.5 Å². The Labute approximate surface area is 157 Å². The van der Waals surface area contributed by atoms with E-state index in [2.05, 4.69) is 20.6 Å². The van der Waals surface area contributed by atoms with Crippen molar-refractivity contribution in [2.75, 3.05) is 7.05 Å². The van der Waals surface area contributed by atoms with Gasteiger partial charge in [-0.3, -0.25) is 0 Å². The number of hydrogen-bond donors (Lipinski definition) is 1. The highest BCUT2D eigenvalue weighted by Gasteiger charge is 2.20. The van der Waals surface area contributed by atoms with Gasteiger partial charge in [-0.15, -0.1) is 0 Å². The largest absolute Gasteiger partial charge is 0.359 e. The van der Waals surface area contributed by atoms with Crippen molar-refractivity contribution >= 4 is 6.03 Å². The summed E-state index contributed by atoms with van der Waals surface area (Å²) in [6.45, 7) is 6.18. The molecule has 2 heterocycles. The van der Waals surface area contributed by atoms with E-state index in [9.17, 15) is 4.79 Å². The predicted molar refractivity (Wildman–Crippen MR) is 98.7 cm³/mol. The quantitative estimate of drug-likeness (QED) is 0.711. The number of nitrogens with one attached hydrogen (secondary N) is 1. The van der Waals surface area contributed by atoms with Gasteiger partial charge in [0.05, 0.1) is 12.2 Å². The maximum Gasteiger partial charge on any atom is 0.318 e. The number of urea groups is 1. The lowest BCUT2D eigenvalue weighted by Gasteiger charge is -2.18. The zero-order chi connectivity index (χ0) is 19.4. The number of aromatic nitrogens is 3. The van der Waals surface area contributed by atoms with Crippen molar-refractivity contribution in [1.29, 1.82) is 0 Å². The molecule has 3 rings (SSSR count). The van der Waals surface area contributed by atoms with Crippen molar-refractivity contribution in [3.63, 3.8) is 0 Å². The summed E-state index contributed by atoms with van der Waals surface area (Å²) >= 11 is 0. The highest BCUT2D eigenvalue weighted by atomic mass is 16.5. The van der Waals surface area contributed by atoms with Crippen molar-refractivity contribution in [2.24, 2.45) is 0 Å². The van der Waals surface area contributed by atoms with Crippen molar-refractivity contribution in [3.05, 3.63) is 53.7 Å². The van der Waals surface area contributed by atoms with Gasteiger partial charge in [-0.25, -0.2) is 4.79 Å². The number of benzene rings is 1. The third-order valence-electron chi connectivity index (χ3n) is 4.09. The van der Waals surface area contributed by atoms with Crippen LogP contribution in [0.2, 0.25) is 0 Å². The molecular formula is C19H23N5O3. The lowest BCUT2D eigenvalue weighted by molar-refractivity contribution is 0.194. The smallest absolute Gasteiger partial charge is 0.318 e. The second-order valence-electron chi connectivity index (χ2n) is 6.72. The molecule has 0 saturated heterocycles. The van der Waals surface area contributed by atoms with Crippen LogP contribution in [0.25, 0.3) is 11.4 Å². The minimum Gasteiger partial charge on any atom is -0.359 e. The lowest BCUT2D eigenvalue weighted by atomic mass is 10.1. The van der Waals surface area contributed by atoms with Crippen LogP contribution < -0.4 is 5.32 Å². The third kappa shape index (κ3) is 4.52. The van der Waals surface area contributed by atoms with Crippen LogP contribution in [0.3, 0.4) is 0 Å². The summed E-state index contributed by atoms with van der Waals surface area (Å²) in [7, 11) is 1.68. The average molecular weight is 369 g/mol. The third-order valence-corrected chi connectivity index (χ3v) is 4.09. The fraction of sp³-hybridized carbons (Fsp3) is 0.368. The molecule has 0 aliphatic heterocycles. The van der Waals surface area contributed by atoms with Crippen LogP contribution in [0.1, 0.15) is 50.1 Å². The first-order chi connectivity index (χ1) is 12.9. The van der Waals surface area contributed by atoms with Crippen molar-refractivity contribution in [2.45, 2.75) is 39.3 Å². The average Bonchev–Trinajstić information content (AvgIpc) is 3.32. The van der Waals surface area contributed by atoms with E-state index in [1.807, 2.05) is 50.2 Å². The fourth-order valence-corrected chi connectivity index (χ4v) is 2.45. The normalized spacial score (nSPS) is 12.2. The molecule has 1 atom stereocenters. The van der Waals surface area contributed by atoms with E-state index in [1.54, 1.807) is 14.0 Å². The van der Waals surface area contributed by atoms with Crippen LogP contribution in [0.5, 0.6) is 0 Å². The van der Waals surface area contributed by atoms with E-state index < -0.39 is 6.04 Å². The molecule has 3 aromatic rings. The summed E-state index contributed by atoms with van der Waals surface area (Å²) in [4.78, 5) is 18.3. The number of amides is 2. The number of hydrogen-bond acceptors (Lipinski definition) is 6. The van der Waals surface area contributed by atoms with Gasteiger partial charge in [0, 0.05) is 18.7 Å². The van der Waals surface area contributed by atoms with Crippen LogP contribution in [0.4, 0.5) is 4.79 Å². The van der Waals surface area contributed by atoms with Crippen LogP contribution in [-0.4, -0.2) is 33.3 Å². The number of carbonyl (C=O) groups excluding carboxylic acids is 1. The Morgan fingerprint density at radius 1 is 1.15 bits per heavy atom. The maximum absolute atomic E-state index is 12.4. The molecule has 0 fully saturated rings. The molecule has 0 spiro atoms. The number of rotatable bonds is 6. The van der Waals surface area contributed by atoms with Crippen molar-refractivity contribution < 1.29 is 13.8 Å². The Morgan fingerprint density at radius 3 is 2.56 bits per heavy atom. The van der Waals surface area contributed by atoms with E-state index in [1.165, 1.54) is 4.90 Å². The second kappa shape index (κ2) is 8.03. The molecule has 8 nitrogen and oxygen atoms in total. The van der Waals surface area contributed by atoms with Crippen molar-refractivity contribution in [3.8, 4) is 11.4 Å². The van der Waals surface area contributed by atoms with Gasteiger partial charge >= 0.3 is 6.03 Å². The first-order valence-electron chi connectivity index (χ1n) is 8.80. The molecule has 142 valence electrons. The SMILES string of the molecule is CC(C)c1cc(CN(C)C(=O)N[C@H](C)c2nc(-c3ccccc3)no2)on1. The molecule has 0 unspecified atom stereocenters. The Balaban J connectivity index is 1.59. The monoisotopic (exact) mass is 369 g/mol. The van der Waals surface area contributed by atoms with E-state index in [4.69, 9.17) is 9.05 Å². The fourth-order valence-electron chi connectivity index (χ4n) is 2.45. The zero-order valence-corrected chi connectivity index (χ0v) is 15.8. The maximum atomic E-state index is 12.4. The summed E-state index contributed by atoms with van der Waals surface area (Å²) in [5.41, 5.74) is 1.72. The highest BCUT2D eigenvalue weighted by molar-refractivity contribution is 5.74. The molecule has 1 N–H and O–H groups in total. The van der Waals surface area contributed by atoms with Crippen LogP contribution in [0, 0.1) is 0 Å². The Morgan fingerprint density at radius 2 is 1.89 bits per heavy atom. The Hall–Kier alpha value is -3.16. The molecule has 0 aliphatic carbocycles. The van der Waals surface area contributed by atoms with Gasteiger partial charge in [0.15, 0.2) is 5.76 Å². The number of carbonyl (C=O) groups is 1. The molecule has 0 saturated carbocycles. The van der Waals surface area contributed by atoms with E-state index in [-0.39, 0.29) is 11.9 Å². The molecule has 0 aliphatic rings. The molecular weight excluding hydrogens is 346 g/mol. The van der Waals surface area contributed by atoms with Gasteiger partial charge in [0.25, 0.3) is 0 Å². The molecule has 2 amide bonds. The lowest BCUT2D eigenvalue weighted by Crippen LogP contribution is -2.38. The van der Waals surface area contributed by atoms with Gasteiger partial charge in [-0.1, -0.05) is 54.5 Å². The summed E-state index contributed by atoms with van der Waals surface area (Å²) in [5.74, 6) is 1.74. The first-order valence-corrected chi connectivity index (χ1v) is 8.80. The zero-order valence-electron chi connectivity index (χ0n) is 15.8. The minimum absolute atomic E-state index is 0.274. The van der Waals surface area contributed by atoms with Crippen LogP contribution in [0.15, 0.2) is 45.4 Å². The first kappa shape index (κ1) is 18.6. The molecule has 27 heavy (non-hydrogen) atoms. The predicted octanol–water partition coefficient (Wildman–Crippen LogP) is 3.75. The minimum atomic E-state index is -0.425. The summed E-state index contributed by atoms with van der Waals surface area (Å²) in [6, 6.07) is 10.7. The van der Waals surface area contributed by atoms with Gasteiger partial charge in [-0.05, 0) is 12.8 Å². The molecule has 8 heteroatoms. The second-order valence-corrected chi connectivity index (χ2v) is 6.72. The van der Waals surface area contributed by atoms with E-state index in [0.717, 1.165) is 11.3 Å². The summed E-state index contributed by atoms with van der Waals surface area (Å²) < 4.78 is 10.6. The Kier molecular flexibility index (Phi) is 5.54. The van der Waals surface area contributed by atoms with E-state index >= 15 is 0 Å². The summed E-state index contributed by atoms with van der Waals surface area (Å²) in [6.07, 6.45) is 0. The Bertz CT molecular complexity index is 888. The van der Waals surface area contributed by atoms with E-state index in [0.29, 0.717) is 24.0 Å². The topological polar surface area (TPSA) is 97.3 Å². The molecule has 2 aromatic heterocycles. The molecule has 1 aromatic carbocycles. The van der Waals surface area contributed by atoms with Crippen LogP contribution >= 0.6 is 0 Å². The van der Waals surface area contributed by atoms with Gasteiger partial charge < -0.3 is 19.3 Å². The highest BCUT2D eigenvalue weighted by Crippen LogP contribution is 2.19. The van der Waals surface area contributed by atoms with Gasteiger partial charge in [-0.2, -0.15) is 4.98 Å². The number of nitrogens with zero attached hydrogens (tertiary/aromatic N) is 4. The van der Waals surface area contributed by atoms with Gasteiger partial charge in [0.2, 0.25) is 11.7 Å². The van der Waals surface area contributed by atoms with Gasteiger partial charge in [0.1, 0.15) is 6.04 Å². The molecule has 0 bridgehead atoms.